The maximum absolute atomic E-state index is 12.0. The fourth-order valence-corrected chi connectivity index (χ4v) is 2.75. The Morgan fingerprint density at radius 1 is 1.32 bits per heavy atom. The average Bonchev–Trinajstić information content (AvgIpc) is 2.91. The van der Waals surface area contributed by atoms with E-state index in [0.717, 1.165) is 12.0 Å². The van der Waals surface area contributed by atoms with E-state index < -0.39 is 0 Å². The molecular formula is C15H16ClNOS. The molecule has 0 bridgehead atoms. The maximum Gasteiger partial charge on any atom is 0.222 e. The second-order valence-corrected chi connectivity index (χ2v) is 5.66. The standard InChI is InChI=1S/C15H16ClNOS/c1-17(10-13-4-2-3-5-14(13)16)15(18)7-6-12-8-9-19-11-12/h2-5,8-9,11H,6-7,10H2,1H3. The van der Waals surface area contributed by atoms with Crippen LogP contribution in [0.25, 0.3) is 0 Å². The van der Waals surface area contributed by atoms with E-state index in [1.165, 1.54) is 5.56 Å². The highest BCUT2D eigenvalue weighted by molar-refractivity contribution is 7.07. The average molecular weight is 294 g/mol. The molecule has 0 saturated carbocycles. The van der Waals surface area contributed by atoms with E-state index >= 15 is 0 Å². The van der Waals surface area contributed by atoms with Crippen molar-refractivity contribution >= 4 is 28.8 Å². The number of carbonyl (C=O) groups is 1. The van der Waals surface area contributed by atoms with Crippen molar-refractivity contribution in [2.45, 2.75) is 19.4 Å². The minimum atomic E-state index is 0.145. The first-order chi connectivity index (χ1) is 9.16. The van der Waals surface area contributed by atoms with E-state index in [1.54, 1.807) is 16.2 Å². The SMILES string of the molecule is CN(Cc1ccccc1Cl)C(=O)CCc1ccsc1. The van der Waals surface area contributed by atoms with E-state index in [9.17, 15) is 4.79 Å². The molecule has 1 aromatic carbocycles. The molecule has 4 heteroatoms. The molecular weight excluding hydrogens is 278 g/mol. The van der Waals surface area contributed by atoms with Crippen molar-refractivity contribution in [3.05, 3.63) is 57.2 Å². The quantitative estimate of drug-likeness (QED) is 0.816. The van der Waals surface area contributed by atoms with Crippen LogP contribution in [0.1, 0.15) is 17.5 Å². The van der Waals surface area contributed by atoms with E-state index in [4.69, 9.17) is 11.6 Å². The Balaban J connectivity index is 1.87. The van der Waals surface area contributed by atoms with Crippen LogP contribution >= 0.6 is 22.9 Å². The number of thiophene rings is 1. The molecule has 0 aliphatic carbocycles. The maximum atomic E-state index is 12.0. The predicted octanol–water partition coefficient (Wildman–Crippen LogP) is 3.99. The Hall–Kier alpha value is -1.32. The van der Waals surface area contributed by atoms with Crippen LogP contribution in [0.15, 0.2) is 41.1 Å². The van der Waals surface area contributed by atoms with Gasteiger partial charge in [0.15, 0.2) is 0 Å². The van der Waals surface area contributed by atoms with Crippen molar-refractivity contribution in [1.82, 2.24) is 4.90 Å². The summed E-state index contributed by atoms with van der Waals surface area (Å²) >= 11 is 7.76. The number of carbonyl (C=O) groups excluding carboxylic acids is 1. The number of amides is 1. The first-order valence-corrected chi connectivity index (χ1v) is 7.47. The molecule has 0 N–H and O–H groups in total. The van der Waals surface area contributed by atoms with Crippen LogP contribution in [0.3, 0.4) is 0 Å². The van der Waals surface area contributed by atoms with E-state index in [-0.39, 0.29) is 5.91 Å². The summed E-state index contributed by atoms with van der Waals surface area (Å²) in [7, 11) is 1.82. The third-order valence-electron chi connectivity index (χ3n) is 3.00. The number of halogens is 1. The van der Waals surface area contributed by atoms with Crippen molar-refractivity contribution < 1.29 is 4.79 Å². The zero-order valence-electron chi connectivity index (χ0n) is 10.8. The van der Waals surface area contributed by atoms with Crippen LogP contribution in [0.2, 0.25) is 5.02 Å². The lowest BCUT2D eigenvalue weighted by Crippen LogP contribution is -2.26. The molecule has 0 spiro atoms. The van der Waals surface area contributed by atoms with E-state index in [2.05, 4.69) is 11.4 Å². The summed E-state index contributed by atoms with van der Waals surface area (Å²) < 4.78 is 0. The summed E-state index contributed by atoms with van der Waals surface area (Å²) in [5.41, 5.74) is 2.21. The zero-order chi connectivity index (χ0) is 13.7. The lowest BCUT2D eigenvalue weighted by Gasteiger charge is -2.17. The normalized spacial score (nSPS) is 10.4. The van der Waals surface area contributed by atoms with Gasteiger partial charge in [-0.2, -0.15) is 11.3 Å². The van der Waals surface area contributed by atoms with Gasteiger partial charge in [0.1, 0.15) is 0 Å². The molecule has 0 atom stereocenters. The third-order valence-corrected chi connectivity index (χ3v) is 4.10. The Bertz CT molecular complexity index is 539. The number of benzene rings is 1. The molecule has 1 aromatic heterocycles. The van der Waals surface area contributed by atoms with Gasteiger partial charge in [-0.3, -0.25) is 4.79 Å². The van der Waals surface area contributed by atoms with Crippen LogP contribution in [0, 0.1) is 0 Å². The van der Waals surface area contributed by atoms with Crippen molar-refractivity contribution in [3.63, 3.8) is 0 Å². The Labute approximate surface area is 122 Å². The van der Waals surface area contributed by atoms with Crippen molar-refractivity contribution in [3.8, 4) is 0 Å². The van der Waals surface area contributed by atoms with Gasteiger partial charge in [0.2, 0.25) is 5.91 Å². The molecule has 0 unspecified atom stereocenters. The van der Waals surface area contributed by atoms with Gasteiger partial charge in [-0.1, -0.05) is 29.8 Å². The largest absolute Gasteiger partial charge is 0.341 e. The van der Waals surface area contributed by atoms with Gasteiger partial charge in [-0.05, 0) is 40.4 Å². The summed E-state index contributed by atoms with van der Waals surface area (Å²) in [5, 5.41) is 4.83. The smallest absolute Gasteiger partial charge is 0.222 e. The summed E-state index contributed by atoms with van der Waals surface area (Å²) in [5.74, 6) is 0.145. The highest BCUT2D eigenvalue weighted by atomic mass is 35.5. The van der Waals surface area contributed by atoms with Crippen LogP contribution < -0.4 is 0 Å². The monoisotopic (exact) mass is 293 g/mol. The second kappa shape index (κ2) is 6.73. The molecule has 1 heterocycles. The fraction of sp³-hybridized carbons (Fsp3) is 0.267. The first-order valence-electron chi connectivity index (χ1n) is 6.15. The van der Waals surface area contributed by atoms with Crippen molar-refractivity contribution in [2.75, 3.05) is 7.05 Å². The Morgan fingerprint density at radius 3 is 2.79 bits per heavy atom. The third kappa shape index (κ3) is 4.08. The van der Waals surface area contributed by atoms with E-state index in [0.29, 0.717) is 18.0 Å². The van der Waals surface area contributed by atoms with Crippen molar-refractivity contribution in [2.24, 2.45) is 0 Å². The van der Waals surface area contributed by atoms with Gasteiger partial charge in [0.25, 0.3) is 0 Å². The van der Waals surface area contributed by atoms with Crippen LogP contribution in [-0.4, -0.2) is 17.9 Å². The molecule has 0 aliphatic rings. The molecule has 1 amide bonds. The van der Waals surface area contributed by atoms with Gasteiger partial charge < -0.3 is 4.90 Å². The topological polar surface area (TPSA) is 20.3 Å². The van der Waals surface area contributed by atoms with Crippen LogP contribution in [-0.2, 0) is 17.8 Å². The number of hydrogen-bond acceptors (Lipinski definition) is 2. The Morgan fingerprint density at radius 2 is 2.11 bits per heavy atom. The molecule has 2 rings (SSSR count). The highest BCUT2D eigenvalue weighted by Gasteiger charge is 2.11. The van der Waals surface area contributed by atoms with E-state index in [1.807, 2.05) is 36.7 Å². The highest BCUT2D eigenvalue weighted by Crippen LogP contribution is 2.17. The molecule has 0 radical (unpaired) electrons. The van der Waals surface area contributed by atoms with Crippen LogP contribution in [0.4, 0.5) is 0 Å². The van der Waals surface area contributed by atoms with Gasteiger partial charge in [0.05, 0.1) is 0 Å². The van der Waals surface area contributed by atoms with Gasteiger partial charge in [-0.25, -0.2) is 0 Å². The van der Waals surface area contributed by atoms with Crippen molar-refractivity contribution in [1.29, 1.82) is 0 Å². The van der Waals surface area contributed by atoms with Crippen LogP contribution in [0.5, 0.6) is 0 Å². The first kappa shape index (κ1) is 14.1. The zero-order valence-corrected chi connectivity index (χ0v) is 12.4. The number of nitrogens with zero attached hydrogens (tertiary/aromatic N) is 1. The molecule has 2 nitrogen and oxygen atoms in total. The summed E-state index contributed by atoms with van der Waals surface area (Å²) in [4.78, 5) is 13.8. The molecule has 100 valence electrons. The number of rotatable bonds is 5. The minimum Gasteiger partial charge on any atom is -0.341 e. The van der Waals surface area contributed by atoms with Gasteiger partial charge >= 0.3 is 0 Å². The fourth-order valence-electron chi connectivity index (χ4n) is 1.85. The summed E-state index contributed by atoms with van der Waals surface area (Å²) in [6.45, 7) is 0.558. The molecule has 19 heavy (non-hydrogen) atoms. The minimum absolute atomic E-state index is 0.145. The second-order valence-electron chi connectivity index (χ2n) is 4.47. The van der Waals surface area contributed by atoms with Gasteiger partial charge in [0, 0.05) is 25.0 Å². The lowest BCUT2D eigenvalue weighted by molar-refractivity contribution is -0.130. The Kier molecular flexibility index (Phi) is 5.00. The molecule has 0 fully saturated rings. The molecule has 2 aromatic rings. The molecule has 0 saturated heterocycles. The lowest BCUT2D eigenvalue weighted by atomic mass is 10.1. The van der Waals surface area contributed by atoms with Gasteiger partial charge in [-0.15, -0.1) is 0 Å². The summed E-state index contributed by atoms with van der Waals surface area (Å²) in [6, 6.07) is 9.69. The molecule has 0 aliphatic heterocycles. The summed E-state index contributed by atoms with van der Waals surface area (Å²) in [6.07, 6.45) is 1.34. The predicted molar refractivity (Wildman–Crippen MR) is 80.6 cm³/mol. The number of aryl methyl sites for hydroxylation is 1. The number of hydrogen-bond donors (Lipinski definition) is 0.